The van der Waals surface area contributed by atoms with E-state index in [1.807, 2.05) is 20.8 Å². The van der Waals surface area contributed by atoms with Crippen molar-refractivity contribution >= 4 is 11.9 Å². The zero-order valence-electron chi connectivity index (χ0n) is 15.0. The molecule has 25 heavy (non-hydrogen) atoms. The molecular formula is C19H26F2O4. The van der Waals surface area contributed by atoms with E-state index in [9.17, 15) is 18.4 Å². The van der Waals surface area contributed by atoms with Gasteiger partial charge in [0.2, 0.25) is 0 Å². The second-order valence-corrected chi connectivity index (χ2v) is 6.31. The highest BCUT2D eigenvalue weighted by molar-refractivity contribution is 5.72. The van der Waals surface area contributed by atoms with Crippen molar-refractivity contribution in [2.24, 2.45) is 5.92 Å². The predicted octanol–water partition coefficient (Wildman–Crippen LogP) is 4.55. The second kappa shape index (κ2) is 10.8. The molecule has 140 valence electrons. The third kappa shape index (κ3) is 8.09. The van der Waals surface area contributed by atoms with Crippen molar-refractivity contribution in [3.63, 3.8) is 0 Å². The Balaban J connectivity index is 2.30. The summed E-state index contributed by atoms with van der Waals surface area (Å²) in [5, 5.41) is 0. The molecule has 1 atom stereocenters. The van der Waals surface area contributed by atoms with Gasteiger partial charge in [0.15, 0.2) is 0 Å². The first-order chi connectivity index (χ1) is 11.8. The van der Waals surface area contributed by atoms with Crippen LogP contribution in [0.5, 0.6) is 0 Å². The summed E-state index contributed by atoms with van der Waals surface area (Å²) in [5.74, 6) is -1.88. The molecule has 0 aliphatic heterocycles. The second-order valence-electron chi connectivity index (χ2n) is 6.31. The molecule has 1 aromatic rings. The molecule has 1 unspecified atom stereocenters. The Bertz CT molecular complexity index is 573. The summed E-state index contributed by atoms with van der Waals surface area (Å²) < 4.78 is 36.7. The molecule has 0 saturated heterocycles. The van der Waals surface area contributed by atoms with Gasteiger partial charge in [-0.3, -0.25) is 9.59 Å². The topological polar surface area (TPSA) is 52.6 Å². The standard InChI is InChI=1S/C19H26F2O4/c1-4-6-17(13(2)3)25-19(23)8-5-7-18(22)24-12-14-11-15(20)9-10-16(14)21/h9-11,13,17H,4-8,12H2,1-3H3. The van der Waals surface area contributed by atoms with E-state index in [0.29, 0.717) is 6.42 Å². The maximum Gasteiger partial charge on any atom is 0.306 e. The van der Waals surface area contributed by atoms with Crippen molar-refractivity contribution in [1.82, 2.24) is 0 Å². The van der Waals surface area contributed by atoms with Gasteiger partial charge < -0.3 is 9.47 Å². The minimum absolute atomic E-state index is 0.0200. The quantitative estimate of drug-likeness (QED) is 0.577. The average Bonchev–Trinajstić information content (AvgIpc) is 2.55. The van der Waals surface area contributed by atoms with Gasteiger partial charge in [-0.05, 0) is 37.0 Å². The lowest BCUT2D eigenvalue weighted by molar-refractivity contribution is -0.152. The molecule has 0 bridgehead atoms. The molecule has 0 amide bonds. The van der Waals surface area contributed by atoms with Crippen LogP contribution < -0.4 is 0 Å². The molecule has 0 fully saturated rings. The summed E-state index contributed by atoms with van der Waals surface area (Å²) in [4.78, 5) is 23.4. The molecule has 0 aromatic heterocycles. The van der Waals surface area contributed by atoms with Crippen LogP contribution in [0.2, 0.25) is 0 Å². The van der Waals surface area contributed by atoms with Gasteiger partial charge in [0.1, 0.15) is 24.3 Å². The van der Waals surface area contributed by atoms with Gasteiger partial charge in [0.25, 0.3) is 0 Å². The number of hydrogen-bond acceptors (Lipinski definition) is 4. The summed E-state index contributed by atoms with van der Waals surface area (Å²) in [5.41, 5.74) is -0.0212. The molecule has 0 saturated carbocycles. The van der Waals surface area contributed by atoms with Crippen LogP contribution in [0.15, 0.2) is 18.2 Å². The number of carbonyl (C=O) groups is 2. The Kier molecular flexibility index (Phi) is 9.10. The van der Waals surface area contributed by atoms with Gasteiger partial charge in [0, 0.05) is 18.4 Å². The third-order valence-corrected chi connectivity index (χ3v) is 3.76. The zero-order chi connectivity index (χ0) is 18.8. The first-order valence-electron chi connectivity index (χ1n) is 8.62. The summed E-state index contributed by atoms with van der Waals surface area (Å²) >= 11 is 0. The van der Waals surface area contributed by atoms with Crippen LogP contribution in [-0.2, 0) is 25.7 Å². The smallest absolute Gasteiger partial charge is 0.306 e. The molecule has 1 aromatic carbocycles. The van der Waals surface area contributed by atoms with Gasteiger partial charge in [-0.15, -0.1) is 0 Å². The van der Waals surface area contributed by atoms with E-state index in [2.05, 4.69) is 0 Å². The van der Waals surface area contributed by atoms with Crippen LogP contribution in [-0.4, -0.2) is 18.0 Å². The van der Waals surface area contributed by atoms with E-state index in [4.69, 9.17) is 9.47 Å². The Morgan fingerprint density at radius 2 is 1.80 bits per heavy atom. The third-order valence-electron chi connectivity index (χ3n) is 3.76. The monoisotopic (exact) mass is 356 g/mol. The average molecular weight is 356 g/mol. The van der Waals surface area contributed by atoms with Gasteiger partial charge in [-0.25, -0.2) is 8.78 Å². The Hall–Kier alpha value is -1.98. The summed E-state index contributed by atoms with van der Waals surface area (Å²) in [6.45, 7) is 5.69. The van der Waals surface area contributed by atoms with Crippen LogP contribution in [0.3, 0.4) is 0 Å². The normalized spacial score (nSPS) is 12.1. The van der Waals surface area contributed by atoms with E-state index in [-0.39, 0.29) is 43.0 Å². The minimum Gasteiger partial charge on any atom is -0.462 e. The molecule has 0 radical (unpaired) electrons. The number of ether oxygens (including phenoxy) is 2. The van der Waals surface area contributed by atoms with Gasteiger partial charge >= 0.3 is 11.9 Å². The maximum absolute atomic E-state index is 13.4. The number of carbonyl (C=O) groups excluding carboxylic acids is 2. The Labute approximate surface area is 147 Å². The Morgan fingerprint density at radius 3 is 2.44 bits per heavy atom. The van der Waals surface area contributed by atoms with Crippen LogP contribution in [0.25, 0.3) is 0 Å². The number of halogens is 2. The number of benzene rings is 1. The summed E-state index contributed by atoms with van der Waals surface area (Å²) in [6.07, 6.45) is 2.06. The lowest BCUT2D eigenvalue weighted by Gasteiger charge is -2.20. The van der Waals surface area contributed by atoms with E-state index < -0.39 is 17.6 Å². The first kappa shape index (κ1) is 21.1. The van der Waals surface area contributed by atoms with Gasteiger partial charge in [-0.1, -0.05) is 27.2 Å². The highest BCUT2D eigenvalue weighted by Gasteiger charge is 2.17. The van der Waals surface area contributed by atoms with E-state index in [0.717, 1.165) is 31.0 Å². The first-order valence-corrected chi connectivity index (χ1v) is 8.62. The summed E-state index contributed by atoms with van der Waals surface area (Å²) in [6, 6.07) is 2.96. The van der Waals surface area contributed by atoms with Gasteiger partial charge in [0.05, 0.1) is 0 Å². The SMILES string of the molecule is CCCC(OC(=O)CCCC(=O)OCc1cc(F)ccc1F)C(C)C. The van der Waals surface area contributed by atoms with Crippen LogP contribution >= 0.6 is 0 Å². The fourth-order valence-corrected chi connectivity index (χ4v) is 2.30. The van der Waals surface area contributed by atoms with E-state index in [1.165, 1.54) is 0 Å². The Morgan fingerprint density at radius 1 is 1.12 bits per heavy atom. The molecule has 0 N–H and O–H groups in total. The molecule has 0 aliphatic carbocycles. The maximum atomic E-state index is 13.4. The number of esters is 2. The van der Waals surface area contributed by atoms with Crippen molar-refractivity contribution in [3.05, 3.63) is 35.4 Å². The fourth-order valence-electron chi connectivity index (χ4n) is 2.30. The molecular weight excluding hydrogens is 330 g/mol. The zero-order valence-corrected chi connectivity index (χ0v) is 15.0. The van der Waals surface area contributed by atoms with Crippen molar-refractivity contribution in [2.45, 2.75) is 65.6 Å². The fraction of sp³-hybridized carbons (Fsp3) is 0.579. The lowest BCUT2D eigenvalue weighted by Crippen LogP contribution is -2.23. The van der Waals surface area contributed by atoms with Crippen molar-refractivity contribution in [2.75, 3.05) is 0 Å². The number of hydrogen-bond donors (Lipinski definition) is 0. The molecule has 0 heterocycles. The van der Waals surface area contributed by atoms with Crippen LogP contribution in [0.4, 0.5) is 8.78 Å². The summed E-state index contributed by atoms with van der Waals surface area (Å²) in [7, 11) is 0. The lowest BCUT2D eigenvalue weighted by atomic mass is 10.0. The number of rotatable bonds is 10. The van der Waals surface area contributed by atoms with Crippen molar-refractivity contribution in [1.29, 1.82) is 0 Å². The predicted molar refractivity (Wildman–Crippen MR) is 89.6 cm³/mol. The molecule has 1 rings (SSSR count). The molecule has 0 spiro atoms. The van der Waals surface area contributed by atoms with Crippen LogP contribution in [0, 0.1) is 17.6 Å². The molecule has 4 nitrogen and oxygen atoms in total. The van der Waals surface area contributed by atoms with Gasteiger partial charge in [-0.2, -0.15) is 0 Å². The van der Waals surface area contributed by atoms with Crippen molar-refractivity contribution in [3.8, 4) is 0 Å². The highest BCUT2D eigenvalue weighted by Crippen LogP contribution is 2.15. The van der Waals surface area contributed by atoms with Crippen LogP contribution in [0.1, 0.15) is 58.4 Å². The molecule has 0 aliphatic rings. The largest absolute Gasteiger partial charge is 0.462 e. The van der Waals surface area contributed by atoms with Crippen molar-refractivity contribution < 1.29 is 27.8 Å². The minimum atomic E-state index is -0.631. The van der Waals surface area contributed by atoms with E-state index >= 15 is 0 Å². The highest BCUT2D eigenvalue weighted by atomic mass is 19.1. The van der Waals surface area contributed by atoms with E-state index in [1.54, 1.807) is 0 Å². The molecule has 6 heteroatoms.